The third kappa shape index (κ3) is 5.82. The van der Waals surface area contributed by atoms with Crippen molar-refractivity contribution >= 4 is 29.9 Å². The second-order valence-corrected chi connectivity index (χ2v) is 6.17. The van der Waals surface area contributed by atoms with E-state index in [0.717, 1.165) is 18.9 Å². The van der Waals surface area contributed by atoms with Gasteiger partial charge in [0.2, 0.25) is 0 Å². The summed E-state index contributed by atoms with van der Waals surface area (Å²) in [4.78, 5) is 4.34. The third-order valence-corrected chi connectivity index (χ3v) is 4.25. The lowest BCUT2D eigenvalue weighted by atomic mass is 9.92. The Bertz CT molecular complexity index is 624. The van der Waals surface area contributed by atoms with E-state index in [4.69, 9.17) is 0 Å². The Morgan fingerprint density at radius 2 is 1.67 bits per heavy atom. The number of aliphatic imine (C=N–C) groups is 1. The molecule has 0 heterocycles. The van der Waals surface area contributed by atoms with Gasteiger partial charge >= 0.3 is 0 Å². The normalized spacial score (nSPS) is 15.3. The number of nitrogens with zero attached hydrogens (tertiary/aromatic N) is 1. The molecule has 1 fully saturated rings. The molecule has 0 radical (unpaired) electrons. The molecule has 2 N–H and O–H groups in total. The van der Waals surface area contributed by atoms with Crippen LogP contribution in [0, 0.1) is 0 Å². The van der Waals surface area contributed by atoms with Gasteiger partial charge in [-0.3, -0.25) is 4.99 Å². The molecule has 0 aliphatic heterocycles. The van der Waals surface area contributed by atoms with Gasteiger partial charge in [0.05, 0.1) is 0 Å². The lowest BCUT2D eigenvalue weighted by Gasteiger charge is -2.20. The van der Waals surface area contributed by atoms with E-state index < -0.39 is 0 Å². The van der Waals surface area contributed by atoms with E-state index in [9.17, 15) is 0 Å². The average molecular weight is 435 g/mol. The van der Waals surface area contributed by atoms with E-state index in [-0.39, 0.29) is 24.0 Å². The Hall–Kier alpha value is -1.56. The van der Waals surface area contributed by atoms with Crippen molar-refractivity contribution in [3.8, 4) is 0 Å². The molecule has 24 heavy (non-hydrogen) atoms. The van der Waals surface area contributed by atoms with Crippen molar-refractivity contribution in [1.29, 1.82) is 0 Å². The summed E-state index contributed by atoms with van der Waals surface area (Å²) in [6.45, 7) is 0.880. The molecule has 2 aromatic carbocycles. The molecule has 3 nitrogen and oxygen atoms in total. The highest BCUT2D eigenvalue weighted by Crippen LogP contribution is 2.21. The SMILES string of the molecule is CN=C(NCC(Cc1ccccc1)c1ccccc1)NC1CC1.I. The van der Waals surface area contributed by atoms with Crippen molar-refractivity contribution in [2.24, 2.45) is 4.99 Å². The predicted molar refractivity (Wildman–Crippen MR) is 112 cm³/mol. The van der Waals surface area contributed by atoms with Gasteiger partial charge in [-0.1, -0.05) is 60.7 Å². The van der Waals surface area contributed by atoms with Crippen LogP contribution in [0.3, 0.4) is 0 Å². The van der Waals surface area contributed by atoms with Crippen LogP contribution in [0.25, 0.3) is 0 Å². The number of nitrogens with one attached hydrogen (secondary N) is 2. The Kier molecular flexibility index (Phi) is 7.56. The van der Waals surface area contributed by atoms with Crippen LogP contribution in [-0.4, -0.2) is 25.6 Å². The van der Waals surface area contributed by atoms with Gasteiger partial charge in [-0.15, -0.1) is 24.0 Å². The molecule has 0 bridgehead atoms. The molecule has 0 aromatic heterocycles. The molecule has 2 aromatic rings. The average Bonchev–Trinajstić information content (AvgIpc) is 3.43. The van der Waals surface area contributed by atoms with Crippen molar-refractivity contribution in [1.82, 2.24) is 10.6 Å². The monoisotopic (exact) mass is 435 g/mol. The second kappa shape index (κ2) is 9.67. The van der Waals surface area contributed by atoms with Gasteiger partial charge in [-0.2, -0.15) is 0 Å². The zero-order chi connectivity index (χ0) is 15.9. The van der Waals surface area contributed by atoms with E-state index >= 15 is 0 Å². The lowest BCUT2D eigenvalue weighted by molar-refractivity contribution is 0.644. The highest BCUT2D eigenvalue weighted by atomic mass is 127. The third-order valence-electron chi connectivity index (χ3n) is 4.25. The summed E-state index contributed by atoms with van der Waals surface area (Å²) in [7, 11) is 1.84. The number of guanidine groups is 1. The van der Waals surface area contributed by atoms with Crippen molar-refractivity contribution in [2.45, 2.75) is 31.2 Å². The highest BCUT2D eigenvalue weighted by molar-refractivity contribution is 14.0. The molecule has 0 saturated heterocycles. The number of halogens is 1. The first-order chi connectivity index (χ1) is 11.3. The van der Waals surface area contributed by atoms with Crippen molar-refractivity contribution in [2.75, 3.05) is 13.6 Å². The maximum atomic E-state index is 4.34. The van der Waals surface area contributed by atoms with E-state index in [0.29, 0.717) is 12.0 Å². The number of rotatable bonds is 6. The van der Waals surface area contributed by atoms with Crippen molar-refractivity contribution < 1.29 is 0 Å². The van der Waals surface area contributed by atoms with Gasteiger partial charge in [0.25, 0.3) is 0 Å². The fraction of sp³-hybridized carbons (Fsp3) is 0.350. The Morgan fingerprint density at radius 3 is 2.25 bits per heavy atom. The first-order valence-electron chi connectivity index (χ1n) is 8.41. The molecule has 0 amide bonds. The highest BCUT2D eigenvalue weighted by Gasteiger charge is 2.22. The molecule has 1 atom stereocenters. The zero-order valence-corrected chi connectivity index (χ0v) is 16.4. The van der Waals surface area contributed by atoms with Gasteiger partial charge < -0.3 is 10.6 Å². The number of benzene rings is 2. The van der Waals surface area contributed by atoms with Crippen LogP contribution < -0.4 is 10.6 Å². The quantitative estimate of drug-likeness (QED) is 0.410. The molecule has 1 aliphatic carbocycles. The minimum absolute atomic E-state index is 0. The lowest BCUT2D eigenvalue weighted by Crippen LogP contribution is -2.40. The van der Waals surface area contributed by atoms with E-state index in [1.165, 1.54) is 24.0 Å². The summed E-state index contributed by atoms with van der Waals surface area (Å²) in [5.74, 6) is 1.35. The fourth-order valence-electron chi connectivity index (χ4n) is 2.77. The summed E-state index contributed by atoms with van der Waals surface area (Å²) < 4.78 is 0. The Labute approximate surface area is 162 Å². The van der Waals surface area contributed by atoms with Crippen LogP contribution in [0.1, 0.15) is 29.9 Å². The summed E-state index contributed by atoms with van der Waals surface area (Å²) >= 11 is 0. The molecule has 0 spiro atoms. The number of hydrogen-bond acceptors (Lipinski definition) is 1. The Morgan fingerprint density at radius 1 is 1.04 bits per heavy atom. The molecular formula is C20H26IN3. The molecule has 1 unspecified atom stereocenters. The predicted octanol–water partition coefficient (Wildman–Crippen LogP) is 3.96. The molecular weight excluding hydrogens is 409 g/mol. The van der Waals surface area contributed by atoms with Gasteiger partial charge in [0.1, 0.15) is 0 Å². The maximum absolute atomic E-state index is 4.34. The first kappa shape index (κ1) is 18.8. The maximum Gasteiger partial charge on any atom is 0.191 e. The first-order valence-corrected chi connectivity index (χ1v) is 8.41. The van der Waals surface area contributed by atoms with Crippen LogP contribution >= 0.6 is 24.0 Å². The van der Waals surface area contributed by atoms with Crippen LogP contribution in [-0.2, 0) is 6.42 Å². The summed E-state index contributed by atoms with van der Waals surface area (Å²) in [5.41, 5.74) is 2.74. The molecule has 3 rings (SSSR count). The molecule has 1 saturated carbocycles. The van der Waals surface area contributed by atoms with E-state index in [1.807, 2.05) is 7.05 Å². The largest absolute Gasteiger partial charge is 0.356 e. The standard InChI is InChI=1S/C20H25N3.HI/c1-21-20(23-19-12-13-19)22-15-18(17-10-6-3-7-11-17)14-16-8-4-2-5-9-16;/h2-11,18-19H,12-15H2,1H3,(H2,21,22,23);1H. The van der Waals surface area contributed by atoms with Gasteiger partial charge in [-0.25, -0.2) is 0 Å². The molecule has 128 valence electrons. The molecule has 4 heteroatoms. The summed E-state index contributed by atoms with van der Waals surface area (Å²) in [6, 6.07) is 22.0. The van der Waals surface area contributed by atoms with Gasteiger partial charge in [-0.05, 0) is 30.4 Å². The summed E-state index contributed by atoms with van der Waals surface area (Å²) in [6.07, 6.45) is 3.54. The topological polar surface area (TPSA) is 36.4 Å². The molecule has 1 aliphatic rings. The van der Waals surface area contributed by atoms with Crippen LogP contribution in [0.15, 0.2) is 65.7 Å². The smallest absolute Gasteiger partial charge is 0.191 e. The van der Waals surface area contributed by atoms with Gasteiger partial charge in [0, 0.05) is 25.6 Å². The minimum Gasteiger partial charge on any atom is -0.356 e. The second-order valence-electron chi connectivity index (χ2n) is 6.17. The van der Waals surface area contributed by atoms with E-state index in [1.54, 1.807) is 0 Å². The minimum atomic E-state index is 0. The van der Waals surface area contributed by atoms with Gasteiger partial charge in [0.15, 0.2) is 5.96 Å². The summed E-state index contributed by atoms with van der Waals surface area (Å²) in [5, 5.41) is 6.95. The van der Waals surface area contributed by atoms with Crippen LogP contribution in [0.4, 0.5) is 0 Å². The zero-order valence-electron chi connectivity index (χ0n) is 14.1. The Balaban J connectivity index is 0.00000208. The van der Waals surface area contributed by atoms with Crippen molar-refractivity contribution in [3.63, 3.8) is 0 Å². The fourth-order valence-corrected chi connectivity index (χ4v) is 2.77. The number of hydrogen-bond donors (Lipinski definition) is 2. The van der Waals surface area contributed by atoms with Crippen LogP contribution in [0.5, 0.6) is 0 Å². The van der Waals surface area contributed by atoms with Crippen molar-refractivity contribution in [3.05, 3.63) is 71.8 Å². The van der Waals surface area contributed by atoms with E-state index in [2.05, 4.69) is 76.3 Å². The van der Waals surface area contributed by atoms with Crippen LogP contribution in [0.2, 0.25) is 0 Å².